The van der Waals surface area contributed by atoms with Crippen LogP contribution in [0, 0.1) is 11.7 Å². The average molecular weight is 560 g/mol. The van der Waals surface area contributed by atoms with Crippen molar-refractivity contribution in [3.05, 3.63) is 112 Å². The van der Waals surface area contributed by atoms with Gasteiger partial charge in [0.1, 0.15) is 5.82 Å². The molecule has 2 atom stereocenters. The quantitative estimate of drug-likeness (QED) is 0.199. The lowest BCUT2D eigenvalue weighted by atomic mass is 9.79. The minimum atomic E-state index is -2.05. The van der Waals surface area contributed by atoms with Crippen LogP contribution in [0.25, 0.3) is 11.1 Å². The second-order valence-electron chi connectivity index (χ2n) is 10.2. The summed E-state index contributed by atoms with van der Waals surface area (Å²) in [7, 11) is 0. The fourth-order valence-corrected chi connectivity index (χ4v) is 4.99. The Balaban J connectivity index is 1.81. The number of anilines is 1. The van der Waals surface area contributed by atoms with Crippen LogP contribution >= 0.6 is 11.6 Å². The van der Waals surface area contributed by atoms with Crippen LogP contribution in [0.2, 0.25) is 0 Å². The van der Waals surface area contributed by atoms with Gasteiger partial charge in [-0.05, 0) is 67.3 Å². The van der Waals surface area contributed by atoms with Gasteiger partial charge in [-0.15, -0.1) is 0 Å². The lowest BCUT2D eigenvalue weighted by Gasteiger charge is -2.35. The van der Waals surface area contributed by atoms with E-state index in [0.717, 1.165) is 35.7 Å². The van der Waals surface area contributed by atoms with E-state index in [0.29, 0.717) is 11.6 Å². The van der Waals surface area contributed by atoms with Crippen molar-refractivity contribution >= 4 is 34.8 Å². The molecule has 2 aromatic rings. The second-order valence-corrected chi connectivity index (χ2v) is 10.6. The number of hydrogen-bond donors (Lipinski definition) is 0. The van der Waals surface area contributed by atoms with Crippen molar-refractivity contribution < 1.29 is 23.5 Å². The Labute approximate surface area is 239 Å². The molecular weight excluding hydrogens is 529 g/mol. The topological polar surface area (TPSA) is 63.7 Å². The molecule has 0 spiro atoms. The number of ketones is 2. The summed E-state index contributed by atoms with van der Waals surface area (Å²) in [5.74, 6) is -2.06. The summed E-state index contributed by atoms with van der Waals surface area (Å²) < 4.78 is 18.6. The van der Waals surface area contributed by atoms with E-state index in [2.05, 4.69) is 19.9 Å². The van der Waals surface area contributed by atoms with Crippen molar-refractivity contribution in [2.45, 2.75) is 46.6 Å². The molecule has 0 radical (unpaired) electrons. The SMILES string of the molecule is CC[C@H](C)/C=C(C)/C=C/C1=CC2=C(Cl)C(=O)[C@](C)(OC(C)=O)C(=O)C2=CN1c1ccc(-c2ccc(F)cc2)cc1. The third kappa shape index (κ3) is 5.77. The zero-order valence-corrected chi connectivity index (χ0v) is 23.9. The maximum atomic E-state index is 13.6. The van der Waals surface area contributed by atoms with Crippen LogP contribution in [0.3, 0.4) is 0 Å². The number of rotatable bonds is 7. The van der Waals surface area contributed by atoms with E-state index in [1.54, 1.807) is 24.4 Å². The smallest absolute Gasteiger partial charge is 0.304 e. The Morgan fingerprint density at radius 3 is 2.23 bits per heavy atom. The summed E-state index contributed by atoms with van der Waals surface area (Å²) >= 11 is 6.50. The zero-order chi connectivity index (χ0) is 29.2. The van der Waals surface area contributed by atoms with Gasteiger partial charge >= 0.3 is 5.97 Å². The molecule has 1 aliphatic heterocycles. The van der Waals surface area contributed by atoms with Crippen LogP contribution in [0.1, 0.15) is 41.0 Å². The molecule has 1 aliphatic carbocycles. The van der Waals surface area contributed by atoms with Gasteiger partial charge in [0.05, 0.1) is 5.03 Å². The first-order valence-corrected chi connectivity index (χ1v) is 13.5. The van der Waals surface area contributed by atoms with E-state index in [4.69, 9.17) is 16.3 Å². The van der Waals surface area contributed by atoms with Crippen molar-refractivity contribution in [3.8, 4) is 11.1 Å². The molecule has 0 amide bonds. The highest BCUT2D eigenvalue weighted by atomic mass is 35.5. The molecule has 0 saturated carbocycles. The number of fused-ring (bicyclic) bond motifs is 1. The third-order valence-electron chi connectivity index (χ3n) is 7.05. The summed E-state index contributed by atoms with van der Waals surface area (Å²) in [5.41, 5.74) is 2.65. The van der Waals surface area contributed by atoms with Gasteiger partial charge in [0.15, 0.2) is 0 Å². The van der Waals surface area contributed by atoms with E-state index in [9.17, 15) is 18.8 Å². The molecule has 1 heterocycles. The summed E-state index contributed by atoms with van der Waals surface area (Å²) in [5, 5.41) is -0.168. The summed E-state index contributed by atoms with van der Waals surface area (Å²) in [4.78, 5) is 40.3. The average Bonchev–Trinajstić information content (AvgIpc) is 2.93. The highest BCUT2D eigenvalue weighted by Gasteiger charge is 2.52. The van der Waals surface area contributed by atoms with Crippen LogP contribution < -0.4 is 4.90 Å². The van der Waals surface area contributed by atoms with Crippen LogP contribution in [0.5, 0.6) is 0 Å². The second kappa shape index (κ2) is 11.6. The van der Waals surface area contributed by atoms with E-state index in [1.165, 1.54) is 19.1 Å². The van der Waals surface area contributed by atoms with E-state index < -0.39 is 23.1 Å². The molecule has 0 aromatic heterocycles. The lowest BCUT2D eigenvalue weighted by Crippen LogP contribution is -2.52. The fourth-order valence-electron chi connectivity index (χ4n) is 4.65. The van der Waals surface area contributed by atoms with Crippen LogP contribution in [0.15, 0.2) is 106 Å². The normalized spacial score (nSPS) is 20.4. The van der Waals surface area contributed by atoms with Gasteiger partial charge in [-0.25, -0.2) is 4.39 Å². The number of allylic oxidation sites excluding steroid dienone is 6. The Hall–Kier alpha value is -4.03. The number of halogens is 2. The molecule has 2 aliphatic rings. The summed E-state index contributed by atoms with van der Waals surface area (Å²) in [6, 6.07) is 13.8. The predicted molar refractivity (Wildman–Crippen MR) is 156 cm³/mol. The number of esters is 1. The Morgan fingerprint density at radius 1 is 1.05 bits per heavy atom. The number of benzene rings is 2. The zero-order valence-electron chi connectivity index (χ0n) is 23.1. The van der Waals surface area contributed by atoms with Crippen LogP contribution in [-0.2, 0) is 19.1 Å². The van der Waals surface area contributed by atoms with Gasteiger partial charge in [0, 0.05) is 35.7 Å². The molecular formula is C33H31ClFNO4. The highest BCUT2D eigenvalue weighted by molar-refractivity contribution is 6.49. The van der Waals surface area contributed by atoms with Crippen molar-refractivity contribution in [3.63, 3.8) is 0 Å². The van der Waals surface area contributed by atoms with Crippen LogP contribution in [-0.4, -0.2) is 23.1 Å². The minimum absolute atomic E-state index is 0.167. The molecule has 2 aromatic carbocycles. The number of carbonyl (C=O) groups is 3. The van der Waals surface area contributed by atoms with Crippen molar-refractivity contribution in [1.82, 2.24) is 0 Å². The molecule has 7 heteroatoms. The van der Waals surface area contributed by atoms with Gasteiger partial charge in [0.25, 0.3) is 0 Å². The molecule has 0 fully saturated rings. The van der Waals surface area contributed by atoms with Crippen LogP contribution in [0.4, 0.5) is 10.1 Å². The maximum Gasteiger partial charge on any atom is 0.304 e. The lowest BCUT2D eigenvalue weighted by molar-refractivity contribution is -0.167. The molecule has 0 N–H and O–H groups in total. The van der Waals surface area contributed by atoms with E-state index in [-0.39, 0.29) is 22.0 Å². The largest absolute Gasteiger partial charge is 0.443 e. The monoisotopic (exact) mass is 559 g/mol. The number of ether oxygens (including phenoxy) is 1. The molecule has 0 saturated heterocycles. The van der Waals surface area contributed by atoms with Gasteiger partial charge < -0.3 is 9.64 Å². The van der Waals surface area contributed by atoms with Gasteiger partial charge in [0.2, 0.25) is 17.2 Å². The van der Waals surface area contributed by atoms with Gasteiger partial charge in [-0.2, -0.15) is 0 Å². The summed E-state index contributed by atoms with van der Waals surface area (Å²) in [6.07, 6.45) is 10.4. The van der Waals surface area contributed by atoms with Crippen molar-refractivity contribution in [1.29, 1.82) is 0 Å². The third-order valence-corrected chi connectivity index (χ3v) is 7.42. The Kier molecular flexibility index (Phi) is 8.40. The molecule has 0 bridgehead atoms. The highest BCUT2D eigenvalue weighted by Crippen LogP contribution is 2.41. The molecule has 4 rings (SSSR count). The first-order valence-electron chi connectivity index (χ1n) is 13.1. The van der Waals surface area contributed by atoms with Gasteiger partial charge in [-0.3, -0.25) is 14.4 Å². The van der Waals surface area contributed by atoms with E-state index in [1.807, 2.05) is 48.2 Å². The number of carbonyl (C=O) groups excluding carboxylic acids is 3. The molecule has 206 valence electrons. The fraction of sp³-hybridized carbons (Fsp3) is 0.242. The predicted octanol–water partition coefficient (Wildman–Crippen LogP) is 7.60. The number of hydrogen-bond acceptors (Lipinski definition) is 5. The standard InChI is InChI=1S/C33H31ClFNO4/c1-6-20(2)17-21(3)7-14-27-18-28-29(31(38)33(5,40-22(4)37)32(39)30(28)34)19-36(27)26-15-10-24(11-16-26)23-8-12-25(35)13-9-23/h7-20H,6H2,1-5H3/b14-7+,21-17+/t20-,33+/m0/s1. The molecule has 5 nitrogen and oxygen atoms in total. The maximum absolute atomic E-state index is 13.6. The first-order chi connectivity index (χ1) is 18.9. The number of Topliss-reactive ketones (excluding diaryl/α,β-unsaturated/α-hetero) is 2. The molecule has 0 unspecified atom stereocenters. The van der Waals surface area contributed by atoms with E-state index >= 15 is 0 Å². The van der Waals surface area contributed by atoms with Crippen molar-refractivity contribution in [2.24, 2.45) is 5.92 Å². The number of nitrogens with zero attached hydrogens (tertiary/aromatic N) is 1. The molecule has 40 heavy (non-hydrogen) atoms. The van der Waals surface area contributed by atoms with Crippen molar-refractivity contribution in [2.75, 3.05) is 4.90 Å². The summed E-state index contributed by atoms with van der Waals surface area (Å²) in [6.45, 7) is 8.69. The Morgan fingerprint density at radius 2 is 1.65 bits per heavy atom. The first kappa shape index (κ1) is 29.0. The van der Waals surface area contributed by atoms with Gasteiger partial charge in [-0.1, -0.05) is 73.9 Å². The minimum Gasteiger partial charge on any atom is -0.443 e. The Bertz CT molecular complexity index is 1510.